The topological polar surface area (TPSA) is 54.1 Å². The molecule has 6 heteroatoms. The van der Waals surface area contributed by atoms with Crippen LogP contribution in [0.2, 0.25) is 0 Å². The number of nitrogens with two attached hydrogens (primary N) is 1. The summed E-state index contributed by atoms with van der Waals surface area (Å²) in [6.07, 6.45) is 2.82. The maximum absolute atomic E-state index is 6.22. The Labute approximate surface area is 136 Å². The second-order valence-corrected chi connectivity index (χ2v) is 7.08. The van der Waals surface area contributed by atoms with Crippen LogP contribution >= 0.6 is 11.3 Å². The van der Waals surface area contributed by atoms with E-state index in [1.54, 1.807) is 0 Å². The molecular formula is C16H26N4OS. The Morgan fingerprint density at radius 2 is 2.27 bits per heavy atom. The Morgan fingerprint density at radius 1 is 1.45 bits per heavy atom. The van der Waals surface area contributed by atoms with E-state index < -0.39 is 0 Å². The molecule has 3 rings (SSSR count). The van der Waals surface area contributed by atoms with Crippen LogP contribution in [-0.4, -0.2) is 61.2 Å². The molecule has 2 unspecified atom stereocenters. The van der Waals surface area contributed by atoms with E-state index >= 15 is 0 Å². The predicted molar refractivity (Wildman–Crippen MR) is 91.3 cm³/mol. The lowest BCUT2D eigenvalue weighted by molar-refractivity contribution is 0.00526. The van der Waals surface area contributed by atoms with Crippen molar-refractivity contribution < 1.29 is 4.74 Å². The minimum atomic E-state index is 0.231. The van der Waals surface area contributed by atoms with Crippen LogP contribution in [0.4, 0.5) is 0 Å². The summed E-state index contributed by atoms with van der Waals surface area (Å²) in [6.45, 7) is 7.59. The first-order valence-corrected chi connectivity index (χ1v) is 9.06. The van der Waals surface area contributed by atoms with E-state index in [-0.39, 0.29) is 6.10 Å². The summed E-state index contributed by atoms with van der Waals surface area (Å²) in [7, 11) is 0. The van der Waals surface area contributed by atoms with E-state index in [0.29, 0.717) is 12.0 Å². The van der Waals surface area contributed by atoms with E-state index in [1.165, 1.54) is 30.8 Å². The predicted octanol–water partition coefficient (Wildman–Crippen LogP) is 1.92. The number of rotatable bonds is 4. The number of aliphatic imine (C=N–C) groups is 1. The van der Waals surface area contributed by atoms with E-state index in [1.807, 2.05) is 11.3 Å². The van der Waals surface area contributed by atoms with E-state index in [9.17, 15) is 0 Å². The molecule has 0 aliphatic carbocycles. The number of guanidine groups is 1. The summed E-state index contributed by atoms with van der Waals surface area (Å²) in [4.78, 5) is 10.8. The highest BCUT2D eigenvalue weighted by Gasteiger charge is 2.25. The SMILES string of the molecule is CC1CN(C(N)=NCC(c2cccs2)N2CCCC2)CCO1. The first kappa shape index (κ1) is 15.8. The Morgan fingerprint density at radius 3 is 2.95 bits per heavy atom. The summed E-state index contributed by atoms with van der Waals surface area (Å²) in [5.74, 6) is 0.663. The molecule has 22 heavy (non-hydrogen) atoms. The second kappa shape index (κ2) is 7.44. The van der Waals surface area contributed by atoms with Crippen LogP contribution in [-0.2, 0) is 4.74 Å². The van der Waals surface area contributed by atoms with Crippen molar-refractivity contribution in [2.24, 2.45) is 10.7 Å². The smallest absolute Gasteiger partial charge is 0.191 e. The molecule has 2 N–H and O–H groups in total. The fourth-order valence-corrected chi connectivity index (χ4v) is 4.08. The van der Waals surface area contributed by atoms with Gasteiger partial charge in [-0.05, 0) is 44.3 Å². The molecule has 122 valence electrons. The highest BCUT2D eigenvalue weighted by Crippen LogP contribution is 2.28. The number of hydrogen-bond acceptors (Lipinski definition) is 4. The van der Waals surface area contributed by atoms with Gasteiger partial charge in [0.05, 0.1) is 25.3 Å². The lowest BCUT2D eigenvalue weighted by atomic mass is 10.2. The van der Waals surface area contributed by atoms with Gasteiger partial charge >= 0.3 is 0 Å². The van der Waals surface area contributed by atoms with Gasteiger partial charge in [0.2, 0.25) is 0 Å². The average Bonchev–Trinajstić information content (AvgIpc) is 3.21. The van der Waals surface area contributed by atoms with Gasteiger partial charge in [0.1, 0.15) is 0 Å². The van der Waals surface area contributed by atoms with Gasteiger partial charge in [0, 0.05) is 18.0 Å². The Bertz CT molecular complexity index is 484. The molecule has 0 aromatic carbocycles. The lowest BCUT2D eigenvalue weighted by Crippen LogP contribution is -2.48. The highest BCUT2D eigenvalue weighted by atomic mass is 32.1. The van der Waals surface area contributed by atoms with Crippen molar-refractivity contribution in [2.45, 2.75) is 31.9 Å². The largest absolute Gasteiger partial charge is 0.375 e. The third-order valence-electron chi connectivity index (χ3n) is 4.44. The molecule has 0 amide bonds. The molecule has 0 saturated carbocycles. The highest BCUT2D eigenvalue weighted by molar-refractivity contribution is 7.10. The number of thiophene rings is 1. The van der Waals surface area contributed by atoms with Crippen LogP contribution < -0.4 is 5.73 Å². The third-order valence-corrected chi connectivity index (χ3v) is 5.42. The van der Waals surface area contributed by atoms with Crippen LogP contribution in [0.15, 0.2) is 22.5 Å². The van der Waals surface area contributed by atoms with Crippen molar-refractivity contribution in [3.63, 3.8) is 0 Å². The molecule has 0 spiro atoms. The summed E-state index contributed by atoms with van der Waals surface area (Å²) < 4.78 is 5.57. The number of ether oxygens (including phenoxy) is 1. The number of morpholine rings is 1. The molecule has 2 atom stereocenters. The molecule has 2 aliphatic rings. The van der Waals surface area contributed by atoms with E-state index in [2.05, 4.69) is 34.2 Å². The molecule has 1 aromatic rings. The van der Waals surface area contributed by atoms with Crippen LogP contribution in [0.25, 0.3) is 0 Å². The van der Waals surface area contributed by atoms with Gasteiger partial charge in [0.25, 0.3) is 0 Å². The average molecular weight is 322 g/mol. The van der Waals surface area contributed by atoms with Crippen molar-refractivity contribution in [1.82, 2.24) is 9.80 Å². The first-order valence-electron chi connectivity index (χ1n) is 8.18. The maximum atomic E-state index is 6.22. The van der Waals surface area contributed by atoms with Crippen LogP contribution in [0, 0.1) is 0 Å². The molecule has 1 aromatic heterocycles. The van der Waals surface area contributed by atoms with E-state index in [0.717, 1.165) is 26.2 Å². The fraction of sp³-hybridized carbons (Fsp3) is 0.688. The van der Waals surface area contributed by atoms with Gasteiger partial charge in [-0.15, -0.1) is 11.3 Å². The van der Waals surface area contributed by atoms with Crippen molar-refractivity contribution in [1.29, 1.82) is 0 Å². The monoisotopic (exact) mass is 322 g/mol. The van der Waals surface area contributed by atoms with Crippen molar-refractivity contribution in [3.8, 4) is 0 Å². The van der Waals surface area contributed by atoms with Gasteiger partial charge in [-0.2, -0.15) is 0 Å². The van der Waals surface area contributed by atoms with Gasteiger partial charge in [-0.25, -0.2) is 0 Å². The van der Waals surface area contributed by atoms with Crippen LogP contribution in [0.1, 0.15) is 30.7 Å². The Kier molecular flexibility index (Phi) is 5.33. The number of nitrogens with zero attached hydrogens (tertiary/aromatic N) is 3. The van der Waals surface area contributed by atoms with Crippen LogP contribution in [0.3, 0.4) is 0 Å². The van der Waals surface area contributed by atoms with Gasteiger partial charge in [-0.1, -0.05) is 6.07 Å². The van der Waals surface area contributed by atoms with Crippen molar-refractivity contribution in [3.05, 3.63) is 22.4 Å². The molecular weight excluding hydrogens is 296 g/mol. The summed E-state index contributed by atoms with van der Waals surface area (Å²) >= 11 is 1.82. The molecule has 2 aliphatic heterocycles. The number of likely N-dealkylation sites (tertiary alicyclic amines) is 1. The minimum absolute atomic E-state index is 0.231. The standard InChI is InChI=1S/C16H26N4OS/c1-13-12-20(8-9-21-13)16(17)18-11-14(15-5-4-10-22-15)19-6-2-3-7-19/h4-5,10,13-14H,2-3,6-9,11-12H2,1H3,(H2,17,18). The molecule has 3 heterocycles. The van der Waals surface area contributed by atoms with Crippen LogP contribution in [0.5, 0.6) is 0 Å². The Balaban J connectivity index is 1.66. The minimum Gasteiger partial charge on any atom is -0.375 e. The third kappa shape index (κ3) is 3.80. The summed E-state index contributed by atoms with van der Waals surface area (Å²) in [5.41, 5.74) is 6.22. The van der Waals surface area contributed by atoms with Crippen molar-refractivity contribution >= 4 is 17.3 Å². The molecule has 0 radical (unpaired) electrons. The molecule has 0 bridgehead atoms. The summed E-state index contributed by atoms with van der Waals surface area (Å²) in [5, 5.41) is 2.15. The zero-order valence-electron chi connectivity index (χ0n) is 13.3. The van der Waals surface area contributed by atoms with Gasteiger partial charge in [0.15, 0.2) is 5.96 Å². The normalized spacial score (nSPS) is 25.6. The van der Waals surface area contributed by atoms with Gasteiger partial charge in [-0.3, -0.25) is 9.89 Å². The quantitative estimate of drug-likeness (QED) is 0.680. The Hall–Kier alpha value is -1.11. The number of hydrogen-bond donors (Lipinski definition) is 1. The summed E-state index contributed by atoms with van der Waals surface area (Å²) in [6, 6.07) is 4.72. The van der Waals surface area contributed by atoms with E-state index in [4.69, 9.17) is 15.5 Å². The van der Waals surface area contributed by atoms with Crippen molar-refractivity contribution in [2.75, 3.05) is 39.3 Å². The maximum Gasteiger partial charge on any atom is 0.191 e. The molecule has 2 fully saturated rings. The zero-order valence-corrected chi connectivity index (χ0v) is 14.1. The molecule has 5 nitrogen and oxygen atoms in total. The molecule has 2 saturated heterocycles. The first-order chi connectivity index (χ1) is 10.7. The van der Waals surface area contributed by atoms with Gasteiger partial charge < -0.3 is 15.4 Å². The zero-order chi connectivity index (χ0) is 15.4. The second-order valence-electron chi connectivity index (χ2n) is 6.10. The fourth-order valence-electron chi connectivity index (χ4n) is 3.23. The lowest BCUT2D eigenvalue weighted by Gasteiger charge is -2.32.